The fourth-order valence-electron chi connectivity index (χ4n) is 3.20. The Hall–Kier alpha value is -1.68. The Bertz CT molecular complexity index is 775. The first kappa shape index (κ1) is 28.6. The maximum absolute atomic E-state index is 9.75. The number of hydrogen-bond acceptors (Lipinski definition) is 7. The second-order valence-electron chi connectivity index (χ2n) is 10.4. The van der Waals surface area contributed by atoms with Gasteiger partial charge in [-0.2, -0.15) is 0 Å². The van der Waals surface area contributed by atoms with Crippen LogP contribution < -0.4 is 0 Å². The van der Waals surface area contributed by atoms with E-state index < -0.39 is 26.6 Å². The lowest BCUT2D eigenvalue weighted by Crippen LogP contribution is -2.48. The van der Waals surface area contributed by atoms with Crippen molar-refractivity contribution >= 4 is 8.32 Å². The van der Waals surface area contributed by atoms with E-state index in [-0.39, 0.29) is 29.8 Å². The van der Waals surface area contributed by atoms with Crippen LogP contribution in [-0.2, 0) is 25.2 Å². The third-order valence-electron chi connectivity index (χ3n) is 6.77. The molecule has 0 aliphatic carbocycles. The summed E-state index contributed by atoms with van der Waals surface area (Å²) in [5, 5.41) is 28.5. The van der Waals surface area contributed by atoms with Crippen LogP contribution in [0.4, 0.5) is 0 Å². The van der Waals surface area contributed by atoms with E-state index in [0.29, 0.717) is 13.2 Å². The molecule has 0 fully saturated rings. The van der Waals surface area contributed by atoms with Crippen LogP contribution in [0.1, 0.15) is 33.3 Å². The minimum absolute atomic E-state index is 0.00102. The molecule has 34 heavy (non-hydrogen) atoms. The molecule has 3 rings (SSSR count). The highest BCUT2D eigenvalue weighted by Gasteiger charge is 2.39. The number of hydrogen-bond donors (Lipinski definition) is 3. The average Bonchev–Trinajstić information content (AvgIpc) is 2.80. The molecule has 8 heteroatoms. The van der Waals surface area contributed by atoms with Gasteiger partial charge in [-0.05, 0) is 35.8 Å². The Morgan fingerprint density at radius 3 is 2.21 bits per heavy atom. The molecule has 7 nitrogen and oxygen atoms in total. The molecule has 0 saturated carbocycles. The van der Waals surface area contributed by atoms with E-state index in [2.05, 4.69) is 33.9 Å². The van der Waals surface area contributed by atoms with Gasteiger partial charge in [-0.1, -0.05) is 58.0 Å². The minimum Gasteiger partial charge on any atom is -0.495 e. The van der Waals surface area contributed by atoms with Crippen molar-refractivity contribution in [2.24, 2.45) is 5.92 Å². The van der Waals surface area contributed by atoms with Crippen LogP contribution in [0.5, 0.6) is 0 Å². The molecule has 2 aliphatic rings. The van der Waals surface area contributed by atoms with Crippen molar-refractivity contribution < 1.29 is 34.0 Å². The molecule has 0 radical (unpaired) electrons. The molecule has 1 aromatic rings. The number of rotatable bonds is 7. The standard InChI is InChI=1S/C14H18O3.C12H24O4Si/c1-11-13(7-8-16-14(11)9-15)17-10-12-5-3-2-4-6-12;1-12(2,3)17(4,5)16-8-10-11(14)9(13)6-7-15-10/h2-8,11,13-15H,9-10H2,1H3;6-7,9-11,13-14H,8H2,1-5H3. The highest BCUT2D eigenvalue weighted by atomic mass is 28.4. The van der Waals surface area contributed by atoms with Gasteiger partial charge in [-0.25, -0.2) is 0 Å². The minimum atomic E-state index is -1.84. The second kappa shape index (κ2) is 12.9. The summed E-state index contributed by atoms with van der Waals surface area (Å²) in [5.41, 5.74) is 1.15. The summed E-state index contributed by atoms with van der Waals surface area (Å²) in [6, 6.07) is 10.1. The van der Waals surface area contributed by atoms with Crippen molar-refractivity contribution in [2.45, 2.75) is 83.0 Å². The fourth-order valence-corrected chi connectivity index (χ4v) is 4.22. The molecule has 0 saturated heterocycles. The normalized spacial score (nSPS) is 29.0. The van der Waals surface area contributed by atoms with E-state index in [9.17, 15) is 10.2 Å². The molecular formula is C26H42O7Si. The number of aliphatic hydroxyl groups excluding tert-OH is 3. The summed E-state index contributed by atoms with van der Waals surface area (Å²) in [6.45, 7) is 13.7. The smallest absolute Gasteiger partial charge is 0.192 e. The molecule has 0 amide bonds. The lowest BCUT2D eigenvalue weighted by molar-refractivity contribution is -0.0787. The zero-order valence-corrected chi connectivity index (χ0v) is 22.3. The monoisotopic (exact) mass is 494 g/mol. The Morgan fingerprint density at radius 2 is 1.59 bits per heavy atom. The number of benzene rings is 1. The van der Waals surface area contributed by atoms with E-state index >= 15 is 0 Å². The van der Waals surface area contributed by atoms with Gasteiger partial charge >= 0.3 is 0 Å². The van der Waals surface area contributed by atoms with Gasteiger partial charge in [-0.15, -0.1) is 0 Å². The summed E-state index contributed by atoms with van der Waals surface area (Å²) in [6.07, 6.45) is 3.97. The topological polar surface area (TPSA) is 97.6 Å². The number of aliphatic hydroxyl groups is 3. The highest BCUT2D eigenvalue weighted by Crippen LogP contribution is 2.36. The quantitative estimate of drug-likeness (QED) is 0.497. The summed E-state index contributed by atoms with van der Waals surface area (Å²) in [5.74, 6) is 0.161. The molecule has 0 aromatic heterocycles. The van der Waals surface area contributed by atoms with Crippen molar-refractivity contribution in [2.75, 3.05) is 13.2 Å². The Morgan fingerprint density at radius 1 is 0.971 bits per heavy atom. The van der Waals surface area contributed by atoms with Gasteiger partial charge in [0.25, 0.3) is 0 Å². The van der Waals surface area contributed by atoms with Gasteiger partial charge in [-0.3, -0.25) is 0 Å². The molecule has 3 N–H and O–H groups in total. The Labute approximate surface area is 205 Å². The summed E-state index contributed by atoms with van der Waals surface area (Å²) in [4.78, 5) is 0. The van der Waals surface area contributed by atoms with Crippen molar-refractivity contribution in [1.82, 2.24) is 0 Å². The fraction of sp³-hybridized carbons (Fsp3) is 0.615. The van der Waals surface area contributed by atoms with Crippen LogP contribution in [0.25, 0.3) is 0 Å². The van der Waals surface area contributed by atoms with E-state index in [1.165, 1.54) is 12.3 Å². The lowest BCUT2D eigenvalue weighted by Gasteiger charge is -2.38. The lowest BCUT2D eigenvalue weighted by atomic mass is 9.96. The molecule has 6 unspecified atom stereocenters. The van der Waals surface area contributed by atoms with Crippen LogP contribution in [0.2, 0.25) is 18.1 Å². The van der Waals surface area contributed by atoms with Gasteiger partial charge in [0.2, 0.25) is 0 Å². The van der Waals surface area contributed by atoms with Crippen molar-refractivity contribution in [3.8, 4) is 0 Å². The predicted octanol–water partition coefficient (Wildman–Crippen LogP) is 3.76. The SMILES string of the molecule is CC(C)(C)[Si](C)(C)OCC1OC=CC(O)C1O.CC1C(OCc2ccccc2)C=COC1CO. The molecule has 6 atom stereocenters. The Balaban J connectivity index is 0.000000240. The van der Waals surface area contributed by atoms with Gasteiger partial charge in [0.15, 0.2) is 8.32 Å². The summed E-state index contributed by atoms with van der Waals surface area (Å²) < 4.78 is 22.4. The van der Waals surface area contributed by atoms with Crippen molar-refractivity contribution in [3.63, 3.8) is 0 Å². The third kappa shape index (κ3) is 8.22. The van der Waals surface area contributed by atoms with Crippen molar-refractivity contribution in [1.29, 1.82) is 0 Å². The van der Waals surface area contributed by atoms with Crippen LogP contribution in [0.15, 0.2) is 55.0 Å². The zero-order valence-electron chi connectivity index (χ0n) is 21.3. The predicted molar refractivity (Wildman–Crippen MR) is 134 cm³/mol. The summed E-state index contributed by atoms with van der Waals surface area (Å²) >= 11 is 0. The van der Waals surface area contributed by atoms with Gasteiger partial charge in [0, 0.05) is 5.92 Å². The van der Waals surface area contributed by atoms with Gasteiger partial charge in [0.05, 0.1) is 38.4 Å². The first-order chi connectivity index (χ1) is 16.0. The maximum atomic E-state index is 9.75. The number of ether oxygens (including phenoxy) is 3. The van der Waals surface area contributed by atoms with E-state index in [4.69, 9.17) is 23.7 Å². The molecule has 1 aromatic carbocycles. The second-order valence-corrected chi connectivity index (χ2v) is 15.2. The van der Waals surface area contributed by atoms with Crippen LogP contribution in [0, 0.1) is 5.92 Å². The van der Waals surface area contributed by atoms with E-state index in [1.807, 2.05) is 43.3 Å². The van der Waals surface area contributed by atoms with Crippen LogP contribution in [-0.4, -0.2) is 67.4 Å². The van der Waals surface area contributed by atoms with E-state index in [1.54, 1.807) is 6.26 Å². The van der Waals surface area contributed by atoms with Gasteiger partial charge in [0.1, 0.15) is 24.4 Å². The van der Waals surface area contributed by atoms with Gasteiger partial charge < -0.3 is 34.0 Å². The van der Waals surface area contributed by atoms with E-state index in [0.717, 1.165) is 5.56 Å². The molecule has 2 aliphatic heterocycles. The summed E-state index contributed by atoms with van der Waals surface area (Å²) in [7, 11) is -1.84. The first-order valence-electron chi connectivity index (χ1n) is 11.9. The molecule has 2 heterocycles. The first-order valence-corrected chi connectivity index (χ1v) is 14.8. The Kier molecular flexibility index (Phi) is 10.8. The zero-order chi connectivity index (χ0) is 25.4. The van der Waals surface area contributed by atoms with Crippen LogP contribution >= 0.6 is 0 Å². The highest BCUT2D eigenvalue weighted by molar-refractivity contribution is 6.74. The maximum Gasteiger partial charge on any atom is 0.192 e. The molecule has 192 valence electrons. The third-order valence-corrected chi connectivity index (χ3v) is 11.3. The molecule has 0 spiro atoms. The average molecular weight is 495 g/mol. The molecular weight excluding hydrogens is 452 g/mol. The van der Waals surface area contributed by atoms with Crippen molar-refractivity contribution in [3.05, 3.63) is 60.6 Å². The molecule has 0 bridgehead atoms. The largest absolute Gasteiger partial charge is 0.495 e. The van der Waals surface area contributed by atoms with Crippen LogP contribution in [0.3, 0.4) is 0 Å².